The molecule has 0 aromatic carbocycles. The maximum Gasteiger partial charge on any atom is 0.223 e. The quantitative estimate of drug-likeness (QED) is 0.778. The summed E-state index contributed by atoms with van der Waals surface area (Å²) in [6.07, 6.45) is 9.15. The molecule has 19 heavy (non-hydrogen) atoms. The van der Waals surface area contributed by atoms with Crippen molar-refractivity contribution in [1.82, 2.24) is 9.97 Å². The first-order valence-electron chi connectivity index (χ1n) is 7.43. The normalized spacial score (nSPS) is 17.5. The summed E-state index contributed by atoms with van der Waals surface area (Å²) < 4.78 is 0. The van der Waals surface area contributed by atoms with Crippen molar-refractivity contribution in [3.8, 4) is 0 Å². The lowest BCUT2D eigenvalue weighted by atomic mass is 9.97. The number of nitrogen functional groups attached to an aromatic ring is 1. The average Bonchev–Trinajstić information content (AvgIpc) is 2.32. The third-order valence-corrected chi connectivity index (χ3v) is 3.56. The average molecular weight is 263 g/mol. The summed E-state index contributed by atoms with van der Waals surface area (Å²) in [7, 11) is 0. The van der Waals surface area contributed by atoms with Crippen LogP contribution in [-0.2, 0) is 0 Å². The van der Waals surface area contributed by atoms with Gasteiger partial charge in [0.2, 0.25) is 5.95 Å². The third-order valence-electron chi connectivity index (χ3n) is 3.56. The van der Waals surface area contributed by atoms with Crippen LogP contribution in [0.2, 0.25) is 0 Å². The van der Waals surface area contributed by atoms with Gasteiger partial charge in [-0.3, -0.25) is 0 Å². The zero-order chi connectivity index (χ0) is 13.5. The molecule has 1 saturated carbocycles. The number of nitrogens with two attached hydrogens (primary N) is 1. The highest BCUT2D eigenvalue weighted by atomic mass is 15.1. The van der Waals surface area contributed by atoms with Gasteiger partial charge in [0, 0.05) is 18.7 Å². The predicted octanol–water partition coefficient (Wildman–Crippen LogP) is 3.02. The van der Waals surface area contributed by atoms with Crippen LogP contribution in [0, 0.1) is 0 Å². The first kappa shape index (κ1) is 13.9. The number of anilines is 3. The van der Waals surface area contributed by atoms with E-state index in [0.717, 1.165) is 18.2 Å². The van der Waals surface area contributed by atoms with Crippen LogP contribution in [0.1, 0.15) is 51.9 Å². The second-order valence-electron chi connectivity index (χ2n) is 5.21. The molecule has 1 aliphatic carbocycles. The second kappa shape index (κ2) is 7.16. The lowest BCUT2D eigenvalue weighted by Crippen LogP contribution is -2.21. The zero-order valence-corrected chi connectivity index (χ0v) is 11.8. The van der Waals surface area contributed by atoms with Gasteiger partial charge in [-0.1, -0.05) is 32.1 Å². The van der Waals surface area contributed by atoms with Crippen LogP contribution in [-0.4, -0.2) is 22.6 Å². The van der Waals surface area contributed by atoms with Gasteiger partial charge < -0.3 is 16.4 Å². The van der Waals surface area contributed by atoms with E-state index >= 15 is 0 Å². The van der Waals surface area contributed by atoms with Crippen LogP contribution in [0.5, 0.6) is 0 Å². The standard InChI is InChI=1S/C14H25N5/c1-2-16-12-10-13(19-14(15)18-12)17-11-8-6-4-3-5-7-9-11/h10-11H,2-9H2,1H3,(H4,15,16,17,18,19). The van der Waals surface area contributed by atoms with Crippen LogP contribution in [0.15, 0.2) is 6.07 Å². The molecule has 0 saturated heterocycles. The highest BCUT2D eigenvalue weighted by Crippen LogP contribution is 2.21. The number of nitrogens with zero attached hydrogens (tertiary/aromatic N) is 2. The molecule has 0 bridgehead atoms. The Balaban J connectivity index is 1.99. The maximum absolute atomic E-state index is 5.75. The fourth-order valence-electron chi connectivity index (χ4n) is 2.62. The van der Waals surface area contributed by atoms with Crippen molar-refractivity contribution in [3.05, 3.63) is 6.07 Å². The maximum atomic E-state index is 5.75. The summed E-state index contributed by atoms with van der Waals surface area (Å²) in [5.74, 6) is 1.96. The molecule has 5 nitrogen and oxygen atoms in total. The Bertz CT molecular complexity index is 385. The molecule has 1 aromatic heterocycles. The van der Waals surface area contributed by atoms with Crippen LogP contribution < -0.4 is 16.4 Å². The minimum absolute atomic E-state index is 0.326. The Morgan fingerprint density at radius 3 is 2.42 bits per heavy atom. The SMILES string of the molecule is CCNc1cc(NC2CCCCCCC2)nc(N)n1. The van der Waals surface area contributed by atoms with Gasteiger partial charge >= 0.3 is 0 Å². The molecule has 1 aliphatic rings. The van der Waals surface area contributed by atoms with E-state index in [1.807, 2.05) is 13.0 Å². The van der Waals surface area contributed by atoms with Gasteiger partial charge in [0.15, 0.2) is 0 Å². The summed E-state index contributed by atoms with van der Waals surface area (Å²) in [6.45, 7) is 2.87. The van der Waals surface area contributed by atoms with Gasteiger partial charge in [0.05, 0.1) is 0 Å². The fraction of sp³-hybridized carbons (Fsp3) is 0.714. The first-order chi connectivity index (χ1) is 9.28. The Hall–Kier alpha value is -1.52. The molecular weight excluding hydrogens is 238 g/mol. The molecule has 2 rings (SSSR count). The van der Waals surface area contributed by atoms with Crippen LogP contribution in [0.4, 0.5) is 17.6 Å². The molecular formula is C14H25N5. The molecule has 0 unspecified atom stereocenters. The lowest BCUT2D eigenvalue weighted by molar-refractivity contribution is 0.471. The molecule has 1 heterocycles. The number of hydrogen-bond acceptors (Lipinski definition) is 5. The van der Waals surface area contributed by atoms with Crippen molar-refractivity contribution >= 4 is 17.6 Å². The summed E-state index contributed by atoms with van der Waals surface area (Å²) in [5.41, 5.74) is 5.75. The number of rotatable bonds is 4. The smallest absolute Gasteiger partial charge is 0.223 e. The monoisotopic (exact) mass is 263 g/mol. The first-order valence-corrected chi connectivity index (χ1v) is 7.43. The largest absolute Gasteiger partial charge is 0.370 e. The Morgan fingerprint density at radius 1 is 1.11 bits per heavy atom. The highest BCUT2D eigenvalue weighted by molar-refractivity contribution is 5.51. The zero-order valence-electron chi connectivity index (χ0n) is 11.8. The predicted molar refractivity (Wildman–Crippen MR) is 80.3 cm³/mol. The van der Waals surface area contributed by atoms with Crippen LogP contribution >= 0.6 is 0 Å². The van der Waals surface area contributed by atoms with Gasteiger partial charge in [-0.2, -0.15) is 9.97 Å². The van der Waals surface area contributed by atoms with Crippen LogP contribution in [0.3, 0.4) is 0 Å². The Morgan fingerprint density at radius 2 is 1.74 bits per heavy atom. The number of hydrogen-bond donors (Lipinski definition) is 3. The minimum Gasteiger partial charge on any atom is -0.370 e. The molecule has 1 aromatic rings. The summed E-state index contributed by atoms with van der Waals surface area (Å²) in [5, 5.41) is 6.69. The van der Waals surface area contributed by atoms with Crippen molar-refractivity contribution < 1.29 is 0 Å². The number of nitrogens with one attached hydrogen (secondary N) is 2. The second-order valence-corrected chi connectivity index (χ2v) is 5.21. The Labute approximate surface area is 115 Å². The molecule has 106 valence electrons. The van der Waals surface area contributed by atoms with Crippen LogP contribution in [0.25, 0.3) is 0 Å². The molecule has 0 atom stereocenters. The van der Waals surface area contributed by atoms with E-state index in [4.69, 9.17) is 5.73 Å². The van der Waals surface area contributed by atoms with Crippen molar-refractivity contribution in [3.63, 3.8) is 0 Å². The molecule has 5 heteroatoms. The van der Waals surface area contributed by atoms with Gasteiger partial charge in [0.25, 0.3) is 0 Å². The van der Waals surface area contributed by atoms with Gasteiger partial charge in [-0.25, -0.2) is 0 Å². The lowest BCUT2D eigenvalue weighted by Gasteiger charge is -2.21. The van der Waals surface area contributed by atoms with E-state index in [2.05, 4.69) is 20.6 Å². The Kier molecular flexibility index (Phi) is 5.24. The molecule has 4 N–H and O–H groups in total. The molecule has 0 amide bonds. The highest BCUT2D eigenvalue weighted by Gasteiger charge is 2.12. The van der Waals surface area contributed by atoms with Crippen molar-refractivity contribution in [2.45, 2.75) is 57.9 Å². The number of aromatic nitrogens is 2. The van der Waals surface area contributed by atoms with Crippen molar-refractivity contribution in [2.24, 2.45) is 0 Å². The van der Waals surface area contributed by atoms with Crippen molar-refractivity contribution in [1.29, 1.82) is 0 Å². The van der Waals surface area contributed by atoms with E-state index in [0.29, 0.717) is 12.0 Å². The summed E-state index contributed by atoms with van der Waals surface area (Å²) in [4.78, 5) is 8.45. The van der Waals surface area contributed by atoms with E-state index in [1.54, 1.807) is 0 Å². The van der Waals surface area contributed by atoms with E-state index in [1.165, 1.54) is 44.9 Å². The van der Waals surface area contributed by atoms with Gasteiger partial charge in [0.1, 0.15) is 11.6 Å². The van der Waals surface area contributed by atoms with E-state index < -0.39 is 0 Å². The van der Waals surface area contributed by atoms with Crippen molar-refractivity contribution in [2.75, 3.05) is 22.9 Å². The molecule has 0 radical (unpaired) electrons. The minimum atomic E-state index is 0.326. The molecule has 1 fully saturated rings. The van der Waals surface area contributed by atoms with Gasteiger partial charge in [-0.05, 0) is 19.8 Å². The summed E-state index contributed by atoms with van der Waals surface area (Å²) >= 11 is 0. The summed E-state index contributed by atoms with van der Waals surface area (Å²) in [6, 6.07) is 2.46. The fourth-order valence-corrected chi connectivity index (χ4v) is 2.62. The molecule has 0 aliphatic heterocycles. The molecule has 0 spiro atoms. The topological polar surface area (TPSA) is 75.9 Å². The van der Waals surface area contributed by atoms with E-state index in [9.17, 15) is 0 Å². The van der Waals surface area contributed by atoms with E-state index in [-0.39, 0.29) is 0 Å². The van der Waals surface area contributed by atoms with Gasteiger partial charge in [-0.15, -0.1) is 0 Å². The third kappa shape index (κ3) is 4.58.